The number of rotatable bonds is 2. The molecule has 0 unspecified atom stereocenters. The van der Waals surface area contributed by atoms with Gasteiger partial charge in [0.15, 0.2) is 5.13 Å². The fourth-order valence-electron chi connectivity index (χ4n) is 1.26. The maximum atomic E-state index is 6.05. The zero-order valence-electron chi connectivity index (χ0n) is 7.71. The average molecular weight is 259 g/mol. The van der Waals surface area contributed by atoms with Crippen molar-refractivity contribution >= 4 is 39.7 Å². The Morgan fingerprint density at radius 1 is 1.33 bits per heavy atom. The minimum absolute atomic E-state index is 0.579. The fraction of sp³-hybridized carbons (Fsp3) is 0.100. The highest BCUT2D eigenvalue weighted by molar-refractivity contribution is 7.13. The Morgan fingerprint density at radius 2 is 2.13 bits per heavy atom. The van der Waals surface area contributed by atoms with Crippen LogP contribution < -0.4 is 5.73 Å². The first-order chi connectivity index (χ1) is 7.15. The predicted octanol–water partition coefficient (Wildman–Crippen LogP) is 3.62. The van der Waals surface area contributed by atoms with Crippen LogP contribution in [-0.2, 0) is 6.42 Å². The molecule has 0 saturated carbocycles. The lowest BCUT2D eigenvalue weighted by Gasteiger charge is -2.02. The van der Waals surface area contributed by atoms with Gasteiger partial charge in [-0.25, -0.2) is 4.98 Å². The number of halogens is 2. The topological polar surface area (TPSA) is 38.9 Å². The van der Waals surface area contributed by atoms with Crippen LogP contribution in [0, 0.1) is 0 Å². The molecule has 2 rings (SSSR count). The van der Waals surface area contributed by atoms with Crippen LogP contribution >= 0.6 is 34.5 Å². The molecule has 2 nitrogen and oxygen atoms in total. The van der Waals surface area contributed by atoms with E-state index in [0.717, 1.165) is 11.3 Å². The molecule has 2 aromatic rings. The summed E-state index contributed by atoms with van der Waals surface area (Å²) in [6.45, 7) is 0. The van der Waals surface area contributed by atoms with Crippen molar-refractivity contribution in [2.75, 3.05) is 5.73 Å². The first-order valence-electron chi connectivity index (χ1n) is 4.29. The maximum Gasteiger partial charge on any atom is 0.180 e. The van der Waals surface area contributed by atoms with Gasteiger partial charge in [0, 0.05) is 21.8 Å². The molecule has 1 aromatic heterocycles. The highest BCUT2D eigenvalue weighted by Gasteiger charge is 2.05. The van der Waals surface area contributed by atoms with Gasteiger partial charge in [-0.1, -0.05) is 29.3 Å². The van der Waals surface area contributed by atoms with Gasteiger partial charge in [-0.2, -0.15) is 0 Å². The van der Waals surface area contributed by atoms with Crippen molar-refractivity contribution < 1.29 is 0 Å². The minimum atomic E-state index is 0.579. The molecule has 0 aliphatic heterocycles. The van der Waals surface area contributed by atoms with E-state index in [1.807, 2.05) is 17.5 Å². The SMILES string of the molecule is Nc1nc(Cc2ccc(Cl)cc2Cl)cs1. The summed E-state index contributed by atoms with van der Waals surface area (Å²) in [4.78, 5) is 4.17. The third-order valence-corrected chi connectivity index (χ3v) is 3.27. The zero-order valence-corrected chi connectivity index (χ0v) is 10.0. The summed E-state index contributed by atoms with van der Waals surface area (Å²) in [5, 5.41) is 3.81. The first kappa shape index (κ1) is 10.7. The number of benzene rings is 1. The van der Waals surface area contributed by atoms with Crippen molar-refractivity contribution in [3.05, 3.63) is 44.9 Å². The zero-order chi connectivity index (χ0) is 10.8. The van der Waals surface area contributed by atoms with Gasteiger partial charge in [-0.15, -0.1) is 11.3 Å². The molecule has 0 saturated heterocycles. The molecule has 0 amide bonds. The predicted molar refractivity (Wildman–Crippen MR) is 65.8 cm³/mol. The van der Waals surface area contributed by atoms with E-state index in [9.17, 15) is 0 Å². The quantitative estimate of drug-likeness (QED) is 0.894. The molecule has 0 aliphatic rings. The molecule has 5 heteroatoms. The Labute approximate surface area is 102 Å². The third-order valence-electron chi connectivity index (χ3n) is 1.96. The molecular weight excluding hydrogens is 251 g/mol. The molecule has 0 atom stereocenters. The lowest BCUT2D eigenvalue weighted by Crippen LogP contribution is -1.91. The molecule has 15 heavy (non-hydrogen) atoms. The molecule has 0 spiro atoms. The number of anilines is 1. The van der Waals surface area contributed by atoms with Gasteiger partial charge in [-0.3, -0.25) is 0 Å². The Bertz CT molecular complexity index is 482. The second-order valence-corrected chi connectivity index (χ2v) is 4.82. The largest absolute Gasteiger partial charge is 0.375 e. The second kappa shape index (κ2) is 4.39. The summed E-state index contributed by atoms with van der Waals surface area (Å²) in [6, 6.07) is 5.45. The monoisotopic (exact) mass is 258 g/mol. The summed E-state index contributed by atoms with van der Waals surface area (Å²) < 4.78 is 0. The van der Waals surface area contributed by atoms with E-state index in [2.05, 4.69) is 4.98 Å². The lowest BCUT2D eigenvalue weighted by atomic mass is 10.1. The van der Waals surface area contributed by atoms with Crippen molar-refractivity contribution in [1.82, 2.24) is 4.98 Å². The minimum Gasteiger partial charge on any atom is -0.375 e. The molecule has 0 aliphatic carbocycles. The lowest BCUT2D eigenvalue weighted by molar-refractivity contribution is 1.11. The van der Waals surface area contributed by atoms with Crippen LogP contribution in [-0.4, -0.2) is 4.98 Å². The smallest absolute Gasteiger partial charge is 0.180 e. The van der Waals surface area contributed by atoms with Gasteiger partial charge >= 0.3 is 0 Å². The Hall–Kier alpha value is -0.770. The number of hydrogen-bond acceptors (Lipinski definition) is 3. The van der Waals surface area contributed by atoms with Crippen molar-refractivity contribution in [2.45, 2.75) is 6.42 Å². The number of hydrogen-bond donors (Lipinski definition) is 1. The fourth-order valence-corrected chi connectivity index (χ4v) is 2.30. The van der Waals surface area contributed by atoms with E-state index < -0.39 is 0 Å². The normalized spacial score (nSPS) is 10.5. The number of thiazole rings is 1. The van der Waals surface area contributed by atoms with Gasteiger partial charge in [0.25, 0.3) is 0 Å². The van der Waals surface area contributed by atoms with Crippen LogP contribution in [0.4, 0.5) is 5.13 Å². The Kier molecular flexibility index (Phi) is 3.14. The van der Waals surface area contributed by atoms with Crippen molar-refractivity contribution in [1.29, 1.82) is 0 Å². The van der Waals surface area contributed by atoms with Crippen LogP contribution in [0.1, 0.15) is 11.3 Å². The van der Waals surface area contributed by atoms with E-state index in [1.54, 1.807) is 6.07 Å². The van der Waals surface area contributed by atoms with Gasteiger partial charge in [0.2, 0.25) is 0 Å². The van der Waals surface area contributed by atoms with Gasteiger partial charge < -0.3 is 5.73 Å². The molecule has 0 bridgehead atoms. The van der Waals surface area contributed by atoms with Crippen molar-refractivity contribution in [3.63, 3.8) is 0 Å². The number of nitrogen functional groups attached to an aromatic ring is 1. The van der Waals surface area contributed by atoms with E-state index in [0.29, 0.717) is 21.6 Å². The number of nitrogens with two attached hydrogens (primary N) is 1. The molecular formula is C10H8Cl2N2S. The molecule has 2 N–H and O–H groups in total. The second-order valence-electron chi connectivity index (χ2n) is 3.09. The first-order valence-corrected chi connectivity index (χ1v) is 5.92. The van der Waals surface area contributed by atoms with Crippen molar-refractivity contribution in [3.8, 4) is 0 Å². The van der Waals surface area contributed by atoms with Crippen LogP contribution in [0.3, 0.4) is 0 Å². The molecule has 1 heterocycles. The molecule has 78 valence electrons. The Morgan fingerprint density at radius 3 is 2.73 bits per heavy atom. The van der Waals surface area contributed by atoms with Gasteiger partial charge in [-0.05, 0) is 17.7 Å². The molecule has 0 fully saturated rings. The van der Waals surface area contributed by atoms with Crippen LogP contribution in [0.5, 0.6) is 0 Å². The van der Waals surface area contributed by atoms with E-state index >= 15 is 0 Å². The number of nitrogens with zero attached hydrogens (tertiary/aromatic N) is 1. The average Bonchev–Trinajstić information content (AvgIpc) is 2.56. The van der Waals surface area contributed by atoms with E-state index in [4.69, 9.17) is 28.9 Å². The standard InChI is InChI=1S/C10H8Cl2N2S/c11-7-2-1-6(9(12)4-7)3-8-5-15-10(13)14-8/h1-2,4-5H,3H2,(H2,13,14). The molecule has 1 aromatic carbocycles. The van der Waals surface area contributed by atoms with Crippen LogP contribution in [0.15, 0.2) is 23.6 Å². The van der Waals surface area contributed by atoms with Crippen LogP contribution in [0.2, 0.25) is 10.0 Å². The van der Waals surface area contributed by atoms with Gasteiger partial charge in [0.1, 0.15) is 0 Å². The van der Waals surface area contributed by atoms with Crippen LogP contribution in [0.25, 0.3) is 0 Å². The van der Waals surface area contributed by atoms with Crippen molar-refractivity contribution in [2.24, 2.45) is 0 Å². The summed E-state index contributed by atoms with van der Waals surface area (Å²) in [5.74, 6) is 0. The third kappa shape index (κ3) is 2.62. The summed E-state index contributed by atoms with van der Waals surface area (Å²) in [5.41, 5.74) is 7.49. The summed E-state index contributed by atoms with van der Waals surface area (Å²) >= 11 is 13.3. The maximum absolute atomic E-state index is 6.05. The molecule has 0 radical (unpaired) electrons. The van der Waals surface area contributed by atoms with E-state index in [-0.39, 0.29) is 0 Å². The number of aromatic nitrogens is 1. The van der Waals surface area contributed by atoms with Gasteiger partial charge in [0.05, 0.1) is 5.69 Å². The Balaban J connectivity index is 2.24. The highest BCUT2D eigenvalue weighted by atomic mass is 35.5. The highest BCUT2D eigenvalue weighted by Crippen LogP contribution is 2.24. The van der Waals surface area contributed by atoms with E-state index in [1.165, 1.54) is 11.3 Å². The summed E-state index contributed by atoms with van der Waals surface area (Å²) in [6.07, 6.45) is 0.684. The summed E-state index contributed by atoms with van der Waals surface area (Å²) in [7, 11) is 0.